The average molecular weight is 461 g/mol. The lowest BCUT2D eigenvalue weighted by Crippen LogP contribution is -2.41. The van der Waals surface area contributed by atoms with E-state index in [9.17, 15) is 13.2 Å². The maximum atomic E-state index is 13.2. The molecule has 0 aliphatic carbocycles. The molecule has 2 aromatic heterocycles. The monoisotopic (exact) mass is 460 g/mol. The van der Waals surface area contributed by atoms with Crippen LogP contribution in [-0.2, 0) is 28.2 Å². The van der Waals surface area contributed by atoms with Crippen molar-refractivity contribution in [3.63, 3.8) is 0 Å². The first kappa shape index (κ1) is 21.6. The van der Waals surface area contributed by atoms with Gasteiger partial charge in [0.05, 0.1) is 29.1 Å². The van der Waals surface area contributed by atoms with Crippen LogP contribution in [0.15, 0.2) is 52.2 Å². The molecule has 4 rings (SSSR count). The van der Waals surface area contributed by atoms with Crippen molar-refractivity contribution in [2.75, 3.05) is 17.3 Å². The summed E-state index contributed by atoms with van der Waals surface area (Å²) in [6, 6.07) is 11.2. The number of furan rings is 1. The van der Waals surface area contributed by atoms with Gasteiger partial charge in [0.15, 0.2) is 20.8 Å². The lowest BCUT2D eigenvalue weighted by Gasteiger charge is -2.28. The van der Waals surface area contributed by atoms with E-state index in [1.807, 2.05) is 54.9 Å². The Balaban J connectivity index is 1.49. The minimum atomic E-state index is -3.10. The minimum Gasteiger partial charge on any atom is -0.469 e. The number of hydrogen-bond donors (Lipinski definition) is 0. The first-order chi connectivity index (χ1) is 14.8. The molecule has 0 bridgehead atoms. The third kappa shape index (κ3) is 4.85. The van der Waals surface area contributed by atoms with Crippen molar-refractivity contribution in [3.8, 4) is 11.4 Å². The molecule has 1 aliphatic rings. The number of thioether (sulfide) groups is 1. The second kappa shape index (κ2) is 8.88. The molecule has 1 aromatic carbocycles. The fourth-order valence-electron chi connectivity index (χ4n) is 3.72. The van der Waals surface area contributed by atoms with E-state index < -0.39 is 9.84 Å². The third-order valence-electron chi connectivity index (χ3n) is 5.42. The Morgan fingerprint density at radius 2 is 2.03 bits per heavy atom. The normalized spacial score (nSPS) is 17.7. The van der Waals surface area contributed by atoms with Gasteiger partial charge in [-0.25, -0.2) is 8.42 Å². The quantitative estimate of drug-likeness (QED) is 0.500. The second-order valence-electron chi connectivity index (χ2n) is 7.61. The highest BCUT2D eigenvalue weighted by atomic mass is 32.2. The summed E-state index contributed by atoms with van der Waals surface area (Å²) in [7, 11) is -1.25. The van der Waals surface area contributed by atoms with E-state index in [1.54, 1.807) is 11.2 Å². The van der Waals surface area contributed by atoms with Crippen molar-refractivity contribution in [1.82, 2.24) is 19.7 Å². The van der Waals surface area contributed by atoms with Gasteiger partial charge in [0.25, 0.3) is 0 Å². The zero-order chi connectivity index (χ0) is 22.0. The Bertz CT molecular complexity index is 1170. The van der Waals surface area contributed by atoms with Crippen LogP contribution >= 0.6 is 11.8 Å². The van der Waals surface area contributed by atoms with Crippen LogP contribution in [0.3, 0.4) is 0 Å². The summed E-state index contributed by atoms with van der Waals surface area (Å²) in [4.78, 5) is 14.9. The molecule has 1 fully saturated rings. The van der Waals surface area contributed by atoms with E-state index in [0.717, 1.165) is 16.9 Å². The van der Waals surface area contributed by atoms with E-state index in [1.165, 1.54) is 11.8 Å². The molecule has 0 N–H and O–H groups in total. The van der Waals surface area contributed by atoms with Crippen molar-refractivity contribution in [1.29, 1.82) is 0 Å². The van der Waals surface area contributed by atoms with Crippen molar-refractivity contribution < 1.29 is 17.6 Å². The molecule has 1 unspecified atom stereocenters. The number of rotatable bonds is 7. The van der Waals surface area contributed by atoms with Gasteiger partial charge in [-0.1, -0.05) is 42.1 Å². The maximum Gasteiger partial charge on any atom is 0.233 e. The molecule has 0 radical (unpaired) electrons. The summed E-state index contributed by atoms with van der Waals surface area (Å²) in [6.07, 6.45) is 2.08. The molecular formula is C21H24N4O4S2. The smallest absolute Gasteiger partial charge is 0.233 e. The van der Waals surface area contributed by atoms with Gasteiger partial charge >= 0.3 is 0 Å². The van der Waals surface area contributed by atoms with Crippen LogP contribution in [-0.4, -0.2) is 57.3 Å². The topological polar surface area (TPSA) is 98.3 Å². The molecule has 10 heteroatoms. The van der Waals surface area contributed by atoms with E-state index in [2.05, 4.69) is 10.2 Å². The standard InChI is InChI=1S/C21H24N4O4S2/c1-15-18(8-10-29-15)20-22-23-21(24(20)2)30-13-19(26)25(12-16-6-4-3-5-7-16)17-9-11-31(27,28)14-17/h3-8,10,17H,9,11-14H2,1-2H3. The highest BCUT2D eigenvalue weighted by Gasteiger charge is 2.34. The van der Waals surface area contributed by atoms with Crippen LogP contribution in [0.1, 0.15) is 17.7 Å². The summed E-state index contributed by atoms with van der Waals surface area (Å²) in [5.74, 6) is 1.60. The number of nitrogens with zero attached hydrogens (tertiary/aromatic N) is 4. The number of carbonyl (C=O) groups is 1. The van der Waals surface area contributed by atoms with E-state index in [4.69, 9.17) is 4.42 Å². The lowest BCUT2D eigenvalue weighted by molar-refractivity contribution is -0.130. The van der Waals surface area contributed by atoms with Gasteiger partial charge in [0.2, 0.25) is 5.91 Å². The molecule has 1 saturated heterocycles. The van der Waals surface area contributed by atoms with Gasteiger partial charge in [0, 0.05) is 19.6 Å². The van der Waals surface area contributed by atoms with Crippen LogP contribution in [0.5, 0.6) is 0 Å². The number of carbonyl (C=O) groups excluding carboxylic acids is 1. The van der Waals surface area contributed by atoms with Crippen LogP contribution in [0.2, 0.25) is 0 Å². The molecule has 3 heterocycles. The molecule has 0 saturated carbocycles. The number of aromatic nitrogens is 3. The number of benzene rings is 1. The molecular weight excluding hydrogens is 436 g/mol. The van der Waals surface area contributed by atoms with Gasteiger partial charge in [-0.05, 0) is 25.0 Å². The zero-order valence-electron chi connectivity index (χ0n) is 17.4. The van der Waals surface area contributed by atoms with E-state index >= 15 is 0 Å². The molecule has 3 aromatic rings. The van der Waals surface area contributed by atoms with E-state index in [0.29, 0.717) is 23.9 Å². The zero-order valence-corrected chi connectivity index (χ0v) is 19.0. The Kier molecular flexibility index (Phi) is 6.19. The van der Waals surface area contributed by atoms with Crippen LogP contribution < -0.4 is 0 Å². The Labute approximate surface area is 185 Å². The van der Waals surface area contributed by atoms with Gasteiger partial charge in [-0.15, -0.1) is 10.2 Å². The second-order valence-corrected chi connectivity index (χ2v) is 10.8. The first-order valence-electron chi connectivity index (χ1n) is 9.94. The molecule has 1 amide bonds. The number of aryl methyl sites for hydroxylation is 1. The fourth-order valence-corrected chi connectivity index (χ4v) is 6.25. The fraction of sp³-hybridized carbons (Fsp3) is 0.381. The molecule has 31 heavy (non-hydrogen) atoms. The highest BCUT2D eigenvalue weighted by molar-refractivity contribution is 7.99. The van der Waals surface area contributed by atoms with Crippen molar-refractivity contribution in [2.24, 2.45) is 7.05 Å². The lowest BCUT2D eigenvalue weighted by atomic mass is 10.1. The summed E-state index contributed by atoms with van der Waals surface area (Å²) in [5, 5.41) is 9.06. The number of amides is 1. The maximum absolute atomic E-state index is 13.2. The van der Waals surface area contributed by atoms with Gasteiger partial charge < -0.3 is 13.9 Å². The minimum absolute atomic E-state index is 0.0180. The largest absolute Gasteiger partial charge is 0.469 e. The molecule has 1 atom stereocenters. The summed E-state index contributed by atoms with van der Waals surface area (Å²) in [5.41, 5.74) is 1.83. The van der Waals surface area contributed by atoms with Crippen LogP contribution in [0.4, 0.5) is 0 Å². The van der Waals surface area contributed by atoms with Crippen LogP contribution in [0.25, 0.3) is 11.4 Å². The number of hydrogen-bond acceptors (Lipinski definition) is 7. The Morgan fingerprint density at radius 1 is 1.26 bits per heavy atom. The van der Waals surface area contributed by atoms with Gasteiger partial charge in [-0.3, -0.25) is 4.79 Å². The third-order valence-corrected chi connectivity index (χ3v) is 8.18. The predicted octanol–water partition coefficient (Wildman–Crippen LogP) is 2.69. The van der Waals surface area contributed by atoms with Crippen LogP contribution in [0, 0.1) is 6.92 Å². The molecule has 0 spiro atoms. The van der Waals surface area contributed by atoms with E-state index in [-0.39, 0.29) is 29.2 Å². The predicted molar refractivity (Wildman–Crippen MR) is 118 cm³/mol. The number of sulfone groups is 1. The van der Waals surface area contributed by atoms with Crippen molar-refractivity contribution in [2.45, 2.75) is 31.1 Å². The molecule has 164 valence electrons. The highest BCUT2D eigenvalue weighted by Crippen LogP contribution is 2.27. The Morgan fingerprint density at radius 3 is 2.68 bits per heavy atom. The molecule has 8 nitrogen and oxygen atoms in total. The Hall–Kier alpha value is -2.59. The SMILES string of the molecule is Cc1occc1-c1nnc(SCC(=O)N(Cc2ccccc2)C2CCS(=O)(=O)C2)n1C. The van der Waals surface area contributed by atoms with Crippen molar-refractivity contribution >= 4 is 27.5 Å². The summed E-state index contributed by atoms with van der Waals surface area (Å²) in [6.45, 7) is 2.25. The summed E-state index contributed by atoms with van der Waals surface area (Å²) >= 11 is 1.29. The van der Waals surface area contributed by atoms with Gasteiger partial charge in [0.1, 0.15) is 5.76 Å². The first-order valence-corrected chi connectivity index (χ1v) is 12.8. The average Bonchev–Trinajstić information content (AvgIpc) is 3.43. The summed E-state index contributed by atoms with van der Waals surface area (Å²) < 4.78 is 31.2. The van der Waals surface area contributed by atoms with Gasteiger partial charge in [-0.2, -0.15) is 0 Å². The molecule has 1 aliphatic heterocycles. The van der Waals surface area contributed by atoms with Crippen molar-refractivity contribution in [3.05, 3.63) is 54.0 Å².